The molecule has 0 fully saturated rings. The summed E-state index contributed by atoms with van der Waals surface area (Å²) in [6.45, 7) is 4.45. The van der Waals surface area contributed by atoms with E-state index in [0.29, 0.717) is 25.7 Å². The molecular formula is C46H83O11P. The summed E-state index contributed by atoms with van der Waals surface area (Å²) in [6.07, 6.45) is 38.6. The third-order valence-electron chi connectivity index (χ3n) is 9.47. The number of hydrogen-bond acceptors (Lipinski definition) is 10. The Morgan fingerprint density at radius 3 is 1.60 bits per heavy atom. The number of aliphatic hydroxyl groups excluding tert-OH is 3. The first kappa shape index (κ1) is 55.9. The van der Waals surface area contributed by atoms with Gasteiger partial charge in [0.1, 0.15) is 12.7 Å². The number of carbonyl (C=O) groups is 2. The zero-order valence-corrected chi connectivity index (χ0v) is 37.4. The Morgan fingerprint density at radius 1 is 0.586 bits per heavy atom. The van der Waals surface area contributed by atoms with Crippen molar-refractivity contribution >= 4 is 19.8 Å². The third kappa shape index (κ3) is 40.7. The van der Waals surface area contributed by atoms with Crippen LogP contribution in [0.1, 0.15) is 181 Å². The first-order chi connectivity index (χ1) is 28.0. The molecule has 0 heterocycles. The van der Waals surface area contributed by atoms with E-state index < -0.39 is 51.8 Å². The summed E-state index contributed by atoms with van der Waals surface area (Å²) in [6, 6.07) is 0. The van der Waals surface area contributed by atoms with Gasteiger partial charge in [0.25, 0.3) is 0 Å². The molecule has 0 rings (SSSR count). The van der Waals surface area contributed by atoms with Crippen LogP contribution in [-0.2, 0) is 32.7 Å². The highest BCUT2D eigenvalue weighted by Gasteiger charge is 2.27. The maximum absolute atomic E-state index is 12.6. The van der Waals surface area contributed by atoms with Crippen molar-refractivity contribution in [1.29, 1.82) is 0 Å². The normalized spacial score (nSPS) is 14.9. The Hall–Kier alpha value is -2.11. The van der Waals surface area contributed by atoms with Crippen LogP contribution in [0.3, 0.4) is 0 Å². The lowest BCUT2D eigenvalue weighted by atomic mass is 10.0. The smallest absolute Gasteiger partial charge is 0.462 e. The predicted molar refractivity (Wildman–Crippen MR) is 234 cm³/mol. The van der Waals surface area contributed by atoms with Gasteiger partial charge in [-0.1, -0.05) is 166 Å². The van der Waals surface area contributed by atoms with E-state index in [1.165, 1.54) is 70.6 Å². The van der Waals surface area contributed by atoms with Crippen LogP contribution in [0, 0.1) is 5.92 Å². The highest BCUT2D eigenvalue weighted by atomic mass is 31.2. The lowest BCUT2D eigenvalue weighted by Gasteiger charge is -2.20. The fraction of sp³-hybridized carbons (Fsp3) is 0.783. The molecule has 0 saturated carbocycles. The number of rotatable bonds is 41. The maximum Gasteiger partial charge on any atom is 0.472 e. The van der Waals surface area contributed by atoms with Crippen molar-refractivity contribution in [2.24, 2.45) is 5.92 Å². The molecule has 4 atom stereocenters. The largest absolute Gasteiger partial charge is 0.472 e. The molecule has 11 nitrogen and oxygen atoms in total. The molecule has 0 bridgehead atoms. The fourth-order valence-electron chi connectivity index (χ4n) is 6.01. The molecule has 338 valence electrons. The van der Waals surface area contributed by atoms with Gasteiger partial charge in [-0.2, -0.15) is 0 Å². The summed E-state index contributed by atoms with van der Waals surface area (Å²) in [5.74, 6) is -0.190. The number of aliphatic hydroxyl groups is 3. The van der Waals surface area contributed by atoms with Gasteiger partial charge in [-0.15, -0.1) is 0 Å². The second-order valence-electron chi connectivity index (χ2n) is 15.7. The standard InChI is InChI=1S/C46H83O11P/c1-4-32-42(48)34-29-25-21-17-13-9-7-11-15-19-23-27-31-36-46(51)57-44(40-56-58(52,53)55-38-43(49)37-47)39-54-45(50)35-30-26-22-18-14-10-6-5-8-12-16-20-24-28-33-41(2)3/h7,11,13,17,19,23,25,29,41-44,47-49H,4-6,8-10,12,14-16,18,20-22,24,26-28,30-40H2,1-3H3,(H,52,53)/b11-7-,17-13-,23-19-,29-25-/t42?,43-,44+/m0/s1. The molecule has 58 heavy (non-hydrogen) atoms. The van der Waals surface area contributed by atoms with Gasteiger partial charge in [0.05, 0.1) is 25.9 Å². The van der Waals surface area contributed by atoms with Gasteiger partial charge in [0.15, 0.2) is 6.10 Å². The topological polar surface area (TPSA) is 169 Å². The number of carbonyl (C=O) groups excluding carboxylic acids is 2. The van der Waals surface area contributed by atoms with Crippen LogP contribution in [0.25, 0.3) is 0 Å². The first-order valence-electron chi connectivity index (χ1n) is 22.5. The van der Waals surface area contributed by atoms with E-state index in [-0.39, 0.29) is 25.6 Å². The van der Waals surface area contributed by atoms with Crippen molar-refractivity contribution in [2.45, 2.75) is 200 Å². The van der Waals surface area contributed by atoms with Crippen LogP contribution in [-0.4, -0.2) is 76.9 Å². The van der Waals surface area contributed by atoms with E-state index in [2.05, 4.69) is 55.7 Å². The summed E-state index contributed by atoms with van der Waals surface area (Å²) in [7, 11) is -4.64. The zero-order valence-electron chi connectivity index (χ0n) is 36.5. The number of ether oxygens (including phenoxy) is 2. The quantitative estimate of drug-likeness (QED) is 0.0200. The SMILES string of the molecule is CCCC(O)C/C=C\C/C=C\C/C=C\C/C=C\CCCC(=O)O[C@H](COC(=O)CCCCCCCCCCCCCCCCC(C)C)COP(=O)(O)OC[C@@H](O)CO. The second-order valence-corrected chi connectivity index (χ2v) is 17.2. The average Bonchev–Trinajstić information content (AvgIpc) is 3.19. The summed E-state index contributed by atoms with van der Waals surface area (Å²) >= 11 is 0. The first-order valence-corrected chi connectivity index (χ1v) is 24.0. The van der Waals surface area contributed by atoms with Gasteiger partial charge in [0, 0.05) is 12.8 Å². The van der Waals surface area contributed by atoms with Crippen molar-refractivity contribution in [3.8, 4) is 0 Å². The molecule has 0 amide bonds. The van der Waals surface area contributed by atoms with E-state index in [9.17, 15) is 29.3 Å². The monoisotopic (exact) mass is 843 g/mol. The van der Waals surface area contributed by atoms with Gasteiger partial charge in [-0.3, -0.25) is 18.6 Å². The predicted octanol–water partition coefficient (Wildman–Crippen LogP) is 10.9. The molecule has 0 aromatic rings. The molecule has 2 unspecified atom stereocenters. The molecule has 0 aliphatic rings. The molecule has 0 spiro atoms. The van der Waals surface area contributed by atoms with Crippen molar-refractivity contribution < 1.29 is 52.9 Å². The van der Waals surface area contributed by atoms with Crippen LogP contribution in [0.2, 0.25) is 0 Å². The van der Waals surface area contributed by atoms with Gasteiger partial charge < -0.3 is 29.7 Å². The van der Waals surface area contributed by atoms with Gasteiger partial charge in [-0.05, 0) is 57.3 Å². The summed E-state index contributed by atoms with van der Waals surface area (Å²) in [4.78, 5) is 35.0. The average molecular weight is 843 g/mol. The molecule has 12 heteroatoms. The molecular weight excluding hydrogens is 759 g/mol. The van der Waals surface area contributed by atoms with Crippen molar-refractivity contribution in [3.05, 3.63) is 48.6 Å². The van der Waals surface area contributed by atoms with Crippen LogP contribution < -0.4 is 0 Å². The maximum atomic E-state index is 12.6. The Bertz CT molecular complexity index is 1140. The van der Waals surface area contributed by atoms with E-state index in [1.807, 2.05) is 18.2 Å². The van der Waals surface area contributed by atoms with E-state index in [0.717, 1.165) is 57.3 Å². The molecule has 0 aromatic carbocycles. The second kappa shape index (κ2) is 40.3. The Labute approximate surface area is 352 Å². The lowest BCUT2D eigenvalue weighted by Crippen LogP contribution is -2.29. The molecule has 4 N–H and O–H groups in total. The van der Waals surface area contributed by atoms with Gasteiger partial charge in [0.2, 0.25) is 0 Å². The summed E-state index contributed by atoms with van der Waals surface area (Å²) in [5, 5.41) is 28.1. The number of esters is 2. The summed E-state index contributed by atoms with van der Waals surface area (Å²) < 4.78 is 32.7. The van der Waals surface area contributed by atoms with E-state index >= 15 is 0 Å². The zero-order chi connectivity index (χ0) is 43.0. The minimum Gasteiger partial charge on any atom is -0.462 e. The molecule has 0 saturated heterocycles. The van der Waals surface area contributed by atoms with Crippen LogP contribution in [0.15, 0.2) is 48.6 Å². The number of hydrogen-bond donors (Lipinski definition) is 4. The van der Waals surface area contributed by atoms with Crippen LogP contribution in [0.5, 0.6) is 0 Å². The Morgan fingerprint density at radius 2 is 1.07 bits per heavy atom. The lowest BCUT2D eigenvalue weighted by molar-refractivity contribution is -0.161. The molecule has 0 aliphatic carbocycles. The van der Waals surface area contributed by atoms with Crippen LogP contribution >= 0.6 is 7.82 Å². The van der Waals surface area contributed by atoms with E-state index in [1.54, 1.807) is 0 Å². The van der Waals surface area contributed by atoms with Crippen molar-refractivity contribution in [1.82, 2.24) is 0 Å². The third-order valence-corrected chi connectivity index (χ3v) is 10.4. The molecule has 0 aliphatic heterocycles. The highest BCUT2D eigenvalue weighted by molar-refractivity contribution is 7.47. The highest BCUT2D eigenvalue weighted by Crippen LogP contribution is 2.43. The Kier molecular flexibility index (Phi) is 38.8. The number of allylic oxidation sites excluding steroid dienone is 7. The number of unbranched alkanes of at least 4 members (excludes halogenated alkanes) is 14. The van der Waals surface area contributed by atoms with Gasteiger partial charge >= 0.3 is 19.8 Å². The number of phosphoric ester groups is 1. The molecule has 0 aromatic heterocycles. The van der Waals surface area contributed by atoms with E-state index in [4.69, 9.17) is 19.1 Å². The molecule has 0 radical (unpaired) electrons. The minimum absolute atomic E-state index is 0.0933. The Balaban J connectivity index is 4.37. The van der Waals surface area contributed by atoms with Crippen molar-refractivity contribution in [2.75, 3.05) is 26.4 Å². The fourth-order valence-corrected chi connectivity index (χ4v) is 6.80. The van der Waals surface area contributed by atoms with Gasteiger partial charge in [-0.25, -0.2) is 4.57 Å². The number of phosphoric acid groups is 1. The summed E-state index contributed by atoms with van der Waals surface area (Å²) in [5.41, 5.74) is 0. The minimum atomic E-state index is -4.64. The van der Waals surface area contributed by atoms with Crippen LogP contribution in [0.4, 0.5) is 0 Å². The van der Waals surface area contributed by atoms with Crippen molar-refractivity contribution in [3.63, 3.8) is 0 Å².